The molecule has 0 amide bonds. The van der Waals surface area contributed by atoms with E-state index in [1.165, 1.54) is 10.6 Å². The summed E-state index contributed by atoms with van der Waals surface area (Å²) in [5.74, 6) is 0. The van der Waals surface area contributed by atoms with E-state index in [2.05, 4.69) is 65.7 Å². The van der Waals surface area contributed by atoms with Gasteiger partial charge in [-0.1, -0.05) is 20.8 Å². The monoisotopic (exact) mass is 268 g/mol. The van der Waals surface area contributed by atoms with Crippen molar-refractivity contribution >= 4 is 11.3 Å². The number of rotatable bonds is 4. The number of aryl methyl sites for hydroxylation is 2. The Hall–Kier alpha value is -0.410. The SMILES string of the molecule is Cc1nc(C)c(C(C)NC(C)(C)CC(C)(C)C)s1. The van der Waals surface area contributed by atoms with Crippen LogP contribution in [0.15, 0.2) is 0 Å². The standard InChI is InChI=1S/C15H28N2S/c1-10-13(18-12(3)16-10)11(2)17-15(7,8)9-14(4,5)6/h11,17H,9H2,1-8H3. The molecule has 0 radical (unpaired) electrons. The molecule has 0 aliphatic rings. The fraction of sp³-hybridized carbons (Fsp3) is 0.800. The lowest BCUT2D eigenvalue weighted by Gasteiger charge is -2.35. The van der Waals surface area contributed by atoms with E-state index in [0.29, 0.717) is 11.5 Å². The highest BCUT2D eigenvalue weighted by molar-refractivity contribution is 7.11. The molecule has 0 aliphatic carbocycles. The molecule has 0 spiro atoms. The maximum absolute atomic E-state index is 4.52. The Kier molecular flexibility index (Phi) is 4.60. The number of nitrogens with one attached hydrogen (secondary N) is 1. The fourth-order valence-corrected chi connectivity index (χ4v) is 3.91. The average molecular weight is 268 g/mol. The third kappa shape index (κ3) is 4.69. The van der Waals surface area contributed by atoms with E-state index in [1.54, 1.807) is 0 Å². The lowest BCUT2D eigenvalue weighted by Crippen LogP contribution is -2.43. The lowest BCUT2D eigenvalue weighted by atomic mass is 9.81. The minimum atomic E-state index is 0.141. The Morgan fingerprint density at radius 1 is 1.17 bits per heavy atom. The van der Waals surface area contributed by atoms with Gasteiger partial charge in [-0.15, -0.1) is 11.3 Å². The maximum atomic E-state index is 4.52. The second-order valence-corrected chi connectivity index (χ2v) is 8.40. The van der Waals surface area contributed by atoms with Crippen LogP contribution in [0.3, 0.4) is 0 Å². The molecule has 1 aromatic rings. The Bertz CT molecular complexity index is 399. The predicted octanol–water partition coefficient (Wildman–Crippen LogP) is 4.63. The highest BCUT2D eigenvalue weighted by Crippen LogP contribution is 2.31. The third-order valence-electron chi connectivity index (χ3n) is 2.91. The minimum Gasteiger partial charge on any atom is -0.304 e. The van der Waals surface area contributed by atoms with Crippen LogP contribution in [-0.2, 0) is 0 Å². The van der Waals surface area contributed by atoms with Crippen molar-refractivity contribution in [2.24, 2.45) is 5.41 Å². The van der Waals surface area contributed by atoms with Gasteiger partial charge in [-0.3, -0.25) is 0 Å². The molecule has 1 rings (SSSR count). The topological polar surface area (TPSA) is 24.9 Å². The number of hydrogen-bond acceptors (Lipinski definition) is 3. The normalized spacial score (nSPS) is 14.9. The molecular weight excluding hydrogens is 240 g/mol. The predicted molar refractivity (Wildman–Crippen MR) is 81.3 cm³/mol. The van der Waals surface area contributed by atoms with Gasteiger partial charge >= 0.3 is 0 Å². The molecule has 0 aromatic carbocycles. The zero-order valence-corrected chi connectivity index (χ0v) is 14.0. The fourth-order valence-electron chi connectivity index (χ4n) is 2.98. The Balaban J connectivity index is 2.75. The summed E-state index contributed by atoms with van der Waals surface area (Å²) in [5.41, 5.74) is 1.65. The third-order valence-corrected chi connectivity index (χ3v) is 4.17. The summed E-state index contributed by atoms with van der Waals surface area (Å²) in [6, 6.07) is 0.369. The smallest absolute Gasteiger partial charge is 0.0900 e. The first-order valence-electron chi connectivity index (χ1n) is 6.72. The van der Waals surface area contributed by atoms with Crippen molar-refractivity contribution in [1.82, 2.24) is 10.3 Å². The van der Waals surface area contributed by atoms with Crippen LogP contribution < -0.4 is 5.32 Å². The molecule has 0 saturated heterocycles. The molecule has 0 bridgehead atoms. The van der Waals surface area contributed by atoms with Gasteiger partial charge in [-0.05, 0) is 46.5 Å². The van der Waals surface area contributed by atoms with Crippen LogP contribution in [0.1, 0.15) is 69.6 Å². The summed E-state index contributed by atoms with van der Waals surface area (Å²) in [7, 11) is 0. The van der Waals surface area contributed by atoms with E-state index in [4.69, 9.17) is 0 Å². The Morgan fingerprint density at radius 3 is 2.11 bits per heavy atom. The number of aromatic nitrogens is 1. The van der Waals surface area contributed by atoms with Crippen LogP contribution in [0.2, 0.25) is 0 Å². The molecule has 2 nitrogen and oxygen atoms in total. The molecule has 0 fully saturated rings. The molecule has 1 unspecified atom stereocenters. The summed E-state index contributed by atoms with van der Waals surface area (Å²) in [6.45, 7) is 17.9. The van der Waals surface area contributed by atoms with Gasteiger partial charge in [-0.2, -0.15) is 0 Å². The van der Waals surface area contributed by atoms with Gasteiger partial charge in [0.1, 0.15) is 0 Å². The van der Waals surface area contributed by atoms with Crippen molar-refractivity contribution in [3.63, 3.8) is 0 Å². The highest BCUT2D eigenvalue weighted by Gasteiger charge is 2.27. The van der Waals surface area contributed by atoms with E-state index in [0.717, 1.165) is 11.4 Å². The molecule has 1 aromatic heterocycles. The average Bonchev–Trinajstić information content (AvgIpc) is 2.39. The quantitative estimate of drug-likeness (QED) is 0.861. The van der Waals surface area contributed by atoms with Gasteiger partial charge in [0.05, 0.1) is 10.7 Å². The van der Waals surface area contributed by atoms with E-state index >= 15 is 0 Å². The van der Waals surface area contributed by atoms with Crippen LogP contribution in [0.4, 0.5) is 0 Å². The van der Waals surface area contributed by atoms with Crippen molar-refractivity contribution in [3.8, 4) is 0 Å². The Labute approximate surface area is 116 Å². The van der Waals surface area contributed by atoms with Crippen LogP contribution in [0.5, 0.6) is 0 Å². The van der Waals surface area contributed by atoms with Crippen molar-refractivity contribution in [2.75, 3.05) is 0 Å². The summed E-state index contributed by atoms with van der Waals surface area (Å²) >= 11 is 1.81. The molecule has 0 aliphatic heterocycles. The number of nitrogens with zero attached hydrogens (tertiary/aromatic N) is 1. The van der Waals surface area contributed by atoms with Gasteiger partial charge in [0.2, 0.25) is 0 Å². The van der Waals surface area contributed by atoms with Crippen molar-refractivity contribution < 1.29 is 0 Å². The molecule has 0 saturated carbocycles. The van der Waals surface area contributed by atoms with Gasteiger partial charge in [-0.25, -0.2) is 4.98 Å². The lowest BCUT2D eigenvalue weighted by molar-refractivity contribution is 0.227. The van der Waals surface area contributed by atoms with Crippen molar-refractivity contribution in [2.45, 2.75) is 73.4 Å². The first kappa shape index (κ1) is 15.6. The number of thiazole rings is 1. The van der Waals surface area contributed by atoms with Crippen LogP contribution in [-0.4, -0.2) is 10.5 Å². The van der Waals surface area contributed by atoms with E-state index in [9.17, 15) is 0 Å². The van der Waals surface area contributed by atoms with Crippen LogP contribution in [0.25, 0.3) is 0 Å². The maximum Gasteiger partial charge on any atom is 0.0900 e. The van der Waals surface area contributed by atoms with Crippen molar-refractivity contribution in [1.29, 1.82) is 0 Å². The van der Waals surface area contributed by atoms with Gasteiger partial charge in [0.15, 0.2) is 0 Å². The summed E-state index contributed by atoms with van der Waals surface area (Å²) in [5, 5.41) is 4.91. The van der Waals surface area contributed by atoms with E-state index in [-0.39, 0.29) is 5.54 Å². The number of hydrogen-bond donors (Lipinski definition) is 1. The molecule has 1 atom stereocenters. The highest BCUT2D eigenvalue weighted by atomic mass is 32.1. The molecule has 1 N–H and O–H groups in total. The van der Waals surface area contributed by atoms with Gasteiger partial charge < -0.3 is 5.32 Å². The van der Waals surface area contributed by atoms with Gasteiger partial charge in [0, 0.05) is 16.5 Å². The minimum absolute atomic E-state index is 0.141. The van der Waals surface area contributed by atoms with Gasteiger partial charge in [0.25, 0.3) is 0 Å². The van der Waals surface area contributed by atoms with Crippen LogP contribution >= 0.6 is 11.3 Å². The van der Waals surface area contributed by atoms with Crippen LogP contribution in [0, 0.1) is 19.3 Å². The summed E-state index contributed by atoms with van der Waals surface area (Å²) < 4.78 is 0. The van der Waals surface area contributed by atoms with E-state index in [1.807, 2.05) is 11.3 Å². The summed E-state index contributed by atoms with van der Waals surface area (Å²) in [4.78, 5) is 5.89. The van der Waals surface area contributed by atoms with E-state index < -0.39 is 0 Å². The zero-order chi connectivity index (χ0) is 14.1. The molecular formula is C15H28N2S. The first-order valence-corrected chi connectivity index (χ1v) is 7.53. The second-order valence-electron chi connectivity index (χ2n) is 7.17. The zero-order valence-electron chi connectivity index (χ0n) is 13.1. The largest absolute Gasteiger partial charge is 0.304 e. The molecule has 1 heterocycles. The molecule has 18 heavy (non-hydrogen) atoms. The molecule has 3 heteroatoms. The molecule has 104 valence electrons. The summed E-state index contributed by atoms with van der Waals surface area (Å²) in [6.07, 6.45) is 1.15. The van der Waals surface area contributed by atoms with Crippen molar-refractivity contribution in [3.05, 3.63) is 15.6 Å². The first-order chi connectivity index (χ1) is 8.00. The Morgan fingerprint density at radius 2 is 1.72 bits per heavy atom. The second kappa shape index (κ2) is 5.30.